The quantitative estimate of drug-likeness (QED) is 0.581. The number of anilines is 1. The van der Waals surface area contributed by atoms with E-state index in [4.69, 9.17) is 4.98 Å². The molecule has 27 heavy (non-hydrogen) atoms. The van der Waals surface area contributed by atoms with E-state index in [0.717, 1.165) is 34.3 Å². The number of aryl methyl sites for hydroxylation is 3. The number of aromatic nitrogens is 5. The van der Waals surface area contributed by atoms with Crippen LogP contribution in [0.1, 0.15) is 34.7 Å². The molecule has 1 aliphatic carbocycles. The Hall–Kier alpha value is -2.80. The Morgan fingerprint density at radius 3 is 2.93 bits per heavy atom. The van der Waals surface area contributed by atoms with Crippen molar-refractivity contribution in [3.8, 4) is 5.82 Å². The van der Waals surface area contributed by atoms with Crippen molar-refractivity contribution in [3.63, 3.8) is 0 Å². The van der Waals surface area contributed by atoms with E-state index in [1.807, 2.05) is 41.3 Å². The Morgan fingerprint density at radius 2 is 2.11 bits per heavy atom. The van der Waals surface area contributed by atoms with Crippen LogP contribution in [0.3, 0.4) is 0 Å². The monoisotopic (exact) mass is 376 g/mol. The smallest absolute Gasteiger partial charge is 0.139 e. The molecule has 4 aromatic heterocycles. The third-order valence-corrected chi connectivity index (χ3v) is 6.15. The first-order valence-electron chi connectivity index (χ1n) is 9.24. The molecule has 0 bridgehead atoms. The SMILES string of the molecule is Cc1nc(NCc2ccc(-n3ccnc3)nc2)c2c3c(sc2n1)CCCC3. The predicted molar refractivity (Wildman–Crippen MR) is 107 cm³/mol. The molecule has 4 heterocycles. The van der Waals surface area contributed by atoms with E-state index >= 15 is 0 Å². The summed E-state index contributed by atoms with van der Waals surface area (Å²) < 4.78 is 1.90. The highest BCUT2D eigenvalue weighted by Gasteiger charge is 2.20. The van der Waals surface area contributed by atoms with Gasteiger partial charge in [-0.25, -0.2) is 19.9 Å². The van der Waals surface area contributed by atoms with Crippen molar-refractivity contribution in [2.45, 2.75) is 39.2 Å². The van der Waals surface area contributed by atoms with Crippen LogP contribution in [-0.4, -0.2) is 24.5 Å². The van der Waals surface area contributed by atoms with Gasteiger partial charge in [-0.2, -0.15) is 0 Å². The number of thiophene rings is 1. The van der Waals surface area contributed by atoms with E-state index in [9.17, 15) is 0 Å². The summed E-state index contributed by atoms with van der Waals surface area (Å²) in [5, 5.41) is 4.76. The van der Waals surface area contributed by atoms with Crippen LogP contribution in [0.15, 0.2) is 37.1 Å². The van der Waals surface area contributed by atoms with Crippen molar-refractivity contribution in [1.29, 1.82) is 0 Å². The zero-order valence-electron chi connectivity index (χ0n) is 15.1. The fourth-order valence-electron chi connectivity index (χ4n) is 3.65. The van der Waals surface area contributed by atoms with Crippen LogP contribution in [-0.2, 0) is 19.4 Å². The number of nitrogens with one attached hydrogen (secondary N) is 1. The van der Waals surface area contributed by atoms with E-state index in [1.54, 1.807) is 12.5 Å². The van der Waals surface area contributed by atoms with Gasteiger partial charge in [0.05, 0.1) is 5.39 Å². The minimum absolute atomic E-state index is 0.688. The predicted octanol–water partition coefficient (Wildman–Crippen LogP) is 4.07. The summed E-state index contributed by atoms with van der Waals surface area (Å²) in [7, 11) is 0. The standard InChI is InChI=1S/C20H20N6S/c1-13-24-19(18-15-4-2-3-5-16(15)27-20(18)25-13)23-11-14-6-7-17(22-10-14)26-9-8-21-12-26/h6-10,12H,2-5,11H2,1H3,(H,23,24,25). The van der Waals surface area contributed by atoms with Gasteiger partial charge in [0, 0.05) is 30.0 Å². The maximum atomic E-state index is 4.71. The van der Waals surface area contributed by atoms with Crippen LogP contribution in [0.5, 0.6) is 0 Å². The molecule has 0 atom stereocenters. The van der Waals surface area contributed by atoms with Crippen molar-refractivity contribution in [2.24, 2.45) is 0 Å². The molecule has 0 unspecified atom stereocenters. The van der Waals surface area contributed by atoms with E-state index < -0.39 is 0 Å². The summed E-state index contributed by atoms with van der Waals surface area (Å²) in [6.45, 7) is 2.65. The van der Waals surface area contributed by atoms with Crippen LogP contribution in [0.4, 0.5) is 5.82 Å². The van der Waals surface area contributed by atoms with Gasteiger partial charge < -0.3 is 5.32 Å². The van der Waals surface area contributed by atoms with Gasteiger partial charge in [0.2, 0.25) is 0 Å². The van der Waals surface area contributed by atoms with E-state index in [2.05, 4.69) is 26.3 Å². The minimum atomic E-state index is 0.688. The molecule has 136 valence electrons. The molecule has 0 fully saturated rings. The molecule has 0 radical (unpaired) electrons. The highest BCUT2D eigenvalue weighted by Crippen LogP contribution is 2.38. The van der Waals surface area contributed by atoms with E-state index in [-0.39, 0.29) is 0 Å². The lowest BCUT2D eigenvalue weighted by Crippen LogP contribution is -2.06. The van der Waals surface area contributed by atoms with Gasteiger partial charge in [-0.15, -0.1) is 11.3 Å². The maximum absolute atomic E-state index is 4.71. The van der Waals surface area contributed by atoms with Crippen molar-refractivity contribution in [1.82, 2.24) is 24.5 Å². The van der Waals surface area contributed by atoms with Crippen molar-refractivity contribution in [2.75, 3.05) is 5.32 Å². The summed E-state index contributed by atoms with van der Waals surface area (Å²) in [5.41, 5.74) is 2.57. The van der Waals surface area contributed by atoms with Crippen molar-refractivity contribution < 1.29 is 0 Å². The number of imidazole rings is 1. The first kappa shape index (κ1) is 16.4. The second kappa shape index (κ2) is 6.74. The molecule has 4 aromatic rings. The normalized spacial score (nSPS) is 13.7. The van der Waals surface area contributed by atoms with Crippen molar-refractivity contribution in [3.05, 3.63) is 58.9 Å². The summed E-state index contributed by atoms with van der Waals surface area (Å²) in [6, 6.07) is 4.09. The first-order valence-corrected chi connectivity index (χ1v) is 10.1. The molecule has 0 saturated carbocycles. The average Bonchev–Trinajstić information content (AvgIpc) is 3.34. The Labute approximate surface area is 161 Å². The second-order valence-corrected chi connectivity index (χ2v) is 7.94. The van der Waals surface area contributed by atoms with Crippen LogP contribution < -0.4 is 5.32 Å². The zero-order chi connectivity index (χ0) is 18.2. The zero-order valence-corrected chi connectivity index (χ0v) is 16.0. The highest BCUT2D eigenvalue weighted by atomic mass is 32.1. The van der Waals surface area contributed by atoms with Gasteiger partial charge in [-0.1, -0.05) is 6.07 Å². The van der Waals surface area contributed by atoms with Gasteiger partial charge in [-0.3, -0.25) is 4.57 Å². The van der Waals surface area contributed by atoms with Gasteiger partial charge in [0.25, 0.3) is 0 Å². The van der Waals surface area contributed by atoms with Crippen LogP contribution in [0.25, 0.3) is 16.0 Å². The molecule has 7 heteroatoms. The Balaban J connectivity index is 1.42. The summed E-state index contributed by atoms with van der Waals surface area (Å²) in [4.78, 5) is 20.6. The molecule has 0 aromatic carbocycles. The molecule has 0 spiro atoms. The van der Waals surface area contributed by atoms with Crippen LogP contribution >= 0.6 is 11.3 Å². The first-order chi connectivity index (χ1) is 13.3. The van der Waals surface area contributed by atoms with E-state index in [0.29, 0.717) is 6.54 Å². The maximum Gasteiger partial charge on any atom is 0.139 e. The number of rotatable bonds is 4. The molecular weight excluding hydrogens is 356 g/mol. The second-order valence-electron chi connectivity index (χ2n) is 6.86. The van der Waals surface area contributed by atoms with E-state index in [1.165, 1.54) is 35.1 Å². The Bertz CT molecular complexity index is 1080. The topological polar surface area (TPSA) is 68.5 Å². The number of hydrogen-bond acceptors (Lipinski definition) is 6. The molecule has 1 N–H and O–H groups in total. The number of pyridine rings is 1. The number of hydrogen-bond donors (Lipinski definition) is 1. The molecule has 0 amide bonds. The summed E-state index contributed by atoms with van der Waals surface area (Å²) in [5.74, 6) is 2.64. The Morgan fingerprint density at radius 1 is 1.19 bits per heavy atom. The van der Waals surface area contributed by atoms with Crippen LogP contribution in [0, 0.1) is 6.92 Å². The summed E-state index contributed by atoms with van der Waals surface area (Å²) in [6.07, 6.45) is 12.1. The average molecular weight is 376 g/mol. The lowest BCUT2D eigenvalue weighted by atomic mass is 9.97. The lowest BCUT2D eigenvalue weighted by Gasteiger charge is -2.13. The van der Waals surface area contributed by atoms with Crippen molar-refractivity contribution >= 4 is 27.4 Å². The van der Waals surface area contributed by atoms with Gasteiger partial charge in [0.1, 0.15) is 28.6 Å². The fourth-order valence-corrected chi connectivity index (χ4v) is 4.95. The molecule has 1 aliphatic rings. The fraction of sp³-hybridized carbons (Fsp3) is 0.300. The lowest BCUT2D eigenvalue weighted by molar-refractivity contribution is 0.700. The van der Waals surface area contributed by atoms with Gasteiger partial charge in [-0.05, 0) is 49.8 Å². The molecule has 0 aliphatic heterocycles. The van der Waals surface area contributed by atoms with Gasteiger partial charge >= 0.3 is 0 Å². The third-order valence-electron chi connectivity index (χ3n) is 4.96. The molecule has 5 rings (SSSR count). The largest absolute Gasteiger partial charge is 0.365 e. The number of fused-ring (bicyclic) bond motifs is 3. The number of nitrogens with zero attached hydrogens (tertiary/aromatic N) is 5. The highest BCUT2D eigenvalue weighted by molar-refractivity contribution is 7.19. The molecule has 0 saturated heterocycles. The third kappa shape index (κ3) is 3.08. The summed E-state index contributed by atoms with van der Waals surface area (Å²) >= 11 is 1.84. The Kier molecular flexibility index (Phi) is 4.09. The minimum Gasteiger partial charge on any atom is -0.365 e. The molecule has 6 nitrogen and oxygen atoms in total. The van der Waals surface area contributed by atoms with Crippen LogP contribution in [0.2, 0.25) is 0 Å². The molecular formula is C20H20N6S. The van der Waals surface area contributed by atoms with Gasteiger partial charge in [0.15, 0.2) is 0 Å².